The van der Waals surface area contributed by atoms with E-state index < -0.39 is 14.8 Å². The number of carbonyl (C=O) groups excluding carboxylic acids is 1. The average molecular weight is 392 g/mol. The molecule has 0 aromatic carbocycles. The number of carbonyl (C=O) groups is 1. The van der Waals surface area contributed by atoms with Gasteiger partial charge in [-0.15, -0.1) is 3.83 Å². The molecule has 0 spiro atoms. The molecule has 1 aliphatic rings. The van der Waals surface area contributed by atoms with E-state index in [0.29, 0.717) is 29.9 Å². The van der Waals surface area contributed by atoms with Crippen molar-refractivity contribution in [2.24, 2.45) is 0 Å². The molecule has 3 rings (SSSR count). The zero-order valence-corrected chi connectivity index (χ0v) is 12.7. The third kappa shape index (κ3) is 2.18. The molecule has 0 aliphatic heterocycles. The van der Waals surface area contributed by atoms with Crippen LogP contribution in [0.25, 0.3) is 5.65 Å². The molecule has 1 atom stereocenters. The van der Waals surface area contributed by atoms with Crippen LogP contribution in [0.3, 0.4) is 0 Å². The number of aryl methyl sites for hydroxylation is 1. The Hall–Kier alpha value is -0.960. The van der Waals surface area contributed by atoms with E-state index in [-0.39, 0.29) is 16.5 Å². The number of imidazole rings is 1. The minimum absolute atomic E-state index is 0.0983. The molecule has 0 amide bonds. The van der Waals surface area contributed by atoms with Crippen LogP contribution in [0.4, 0.5) is 0 Å². The first-order valence-electron chi connectivity index (χ1n) is 5.50. The van der Waals surface area contributed by atoms with E-state index in [4.69, 9.17) is 3.83 Å². The molecule has 19 heavy (non-hydrogen) atoms. The van der Waals surface area contributed by atoms with Crippen molar-refractivity contribution in [2.45, 2.75) is 17.7 Å². The number of hydrogen-bond donors (Lipinski definition) is 0. The van der Waals surface area contributed by atoms with Crippen LogP contribution < -0.4 is 12.2 Å². The molecular weight excluding hydrogens is 384 g/mol. The average Bonchev–Trinajstić information content (AvgIpc) is 2.73. The molecule has 0 saturated heterocycles. The number of nitrogens with zero attached hydrogens (tertiary/aromatic N) is 2. The lowest BCUT2D eigenvalue weighted by Crippen LogP contribution is -2.37. The largest absolute Gasteiger partial charge is 0.503 e. The number of alkyl halides is 1. The number of Topliss-reactive ketones (excluding diaryl/α,β-unsaturated/α-hetero) is 1. The first kappa shape index (κ1) is 13.0. The summed E-state index contributed by atoms with van der Waals surface area (Å²) in [4.78, 5) is 16.3. The number of fused-ring (bicyclic) bond motifs is 3. The fraction of sp³-hybridized carbons (Fsp3) is 0.273. The quantitative estimate of drug-likeness (QED) is 0.655. The summed E-state index contributed by atoms with van der Waals surface area (Å²) in [6.07, 6.45) is 1.36. The highest BCUT2D eigenvalue weighted by Crippen LogP contribution is 2.29. The monoisotopic (exact) mass is 390 g/mol. The van der Waals surface area contributed by atoms with Gasteiger partial charge in [0.1, 0.15) is 11.3 Å². The van der Waals surface area contributed by atoms with Gasteiger partial charge in [0.05, 0.1) is 10.5 Å². The molecule has 8 heteroatoms. The van der Waals surface area contributed by atoms with Gasteiger partial charge in [0.2, 0.25) is 0 Å². The summed E-state index contributed by atoms with van der Waals surface area (Å²) < 4.78 is 27.8. The second kappa shape index (κ2) is 4.86. The molecule has 100 valence electrons. The van der Waals surface area contributed by atoms with E-state index in [0.717, 1.165) is 0 Å². The predicted molar refractivity (Wildman–Crippen MR) is 61.2 cm³/mol. The van der Waals surface area contributed by atoms with Crippen molar-refractivity contribution in [1.82, 2.24) is 9.38 Å². The van der Waals surface area contributed by atoms with Crippen molar-refractivity contribution in [3.63, 3.8) is 0 Å². The molecule has 0 radical (unpaired) electrons. The smallest absolute Gasteiger partial charge is 0.361 e. The minimum Gasteiger partial charge on any atom is -0.361 e. The molecule has 2 aromatic rings. The van der Waals surface area contributed by atoms with Gasteiger partial charge in [0.25, 0.3) is 0 Å². The number of ketones is 1. The van der Waals surface area contributed by atoms with Gasteiger partial charge in [-0.3, -0.25) is 9.20 Å². The highest BCUT2D eigenvalue weighted by molar-refractivity contribution is 9.10. The van der Waals surface area contributed by atoms with Crippen LogP contribution in [-0.2, 0) is 6.42 Å². The number of halogens is 2. The Morgan fingerprint density at radius 1 is 1.47 bits per heavy atom. The van der Waals surface area contributed by atoms with Gasteiger partial charge >= 0.3 is 20.7 Å². The Kier molecular flexibility index (Phi) is 3.34. The normalized spacial score (nSPS) is 18.9. The van der Waals surface area contributed by atoms with Crippen molar-refractivity contribution in [2.75, 3.05) is 0 Å². The van der Waals surface area contributed by atoms with Gasteiger partial charge in [-0.2, -0.15) is 0 Å². The molecule has 1 aliphatic carbocycles. The summed E-state index contributed by atoms with van der Waals surface area (Å²) in [5, 5.41) is 0. The van der Waals surface area contributed by atoms with Crippen LogP contribution in [0.5, 0.6) is 5.88 Å². The van der Waals surface area contributed by atoms with E-state index in [2.05, 4.69) is 20.9 Å². The number of pyridine rings is 1. The van der Waals surface area contributed by atoms with Crippen molar-refractivity contribution < 1.29 is 31.8 Å². The summed E-state index contributed by atoms with van der Waals surface area (Å²) in [6.45, 7) is 0. The molecular formula is C11H8Br2N2O4. The summed E-state index contributed by atoms with van der Waals surface area (Å²) in [6, 6.07) is 4.86. The first-order chi connectivity index (χ1) is 9.08. The van der Waals surface area contributed by atoms with Gasteiger partial charge < -0.3 is 8.40 Å². The van der Waals surface area contributed by atoms with E-state index in [1.165, 1.54) is 10.5 Å². The third-order valence-corrected chi connectivity index (χ3v) is 4.44. The van der Waals surface area contributed by atoms with Crippen LogP contribution in [0.2, 0.25) is 0 Å². The zero-order valence-electron chi connectivity index (χ0n) is 9.51. The Balaban J connectivity index is 2.24. The van der Waals surface area contributed by atoms with Crippen LogP contribution in [0.15, 0.2) is 18.2 Å². The molecule has 1 unspecified atom stereocenters. The van der Waals surface area contributed by atoms with Crippen molar-refractivity contribution in [3.8, 4) is 5.88 Å². The van der Waals surface area contributed by atoms with Crippen molar-refractivity contribution >= 4 is 27.4 Å². The molecule has 6 nitrogen and oxygen atoms in total. The summed E-state index contributed by atoms with van der Waals surface area (Å²) >= 11 is -0.0839. The summed E-state index contributed by atoms with van der Waals surface area (Å²) in [7, 11) is 0. The Labute approximate surface area is 122 Å². The van der Waals surface area contributed by atoms with E-state index >= 15 is 0 Å². The number of aromatic nitrogens is 2. The Bertz CT molecular complexity index is 655. The Morgan fingerprint density at radius 2 is 2.26 bits per heavy atom. The molecule has 2 heterocycles. The molecule has 2 aromatic heterocycles. The SMILES string of the molecule is O=C1c2c(nc3cccc(O[Br+2]([O-])[O-])n23)CCC1Br. The van der Waals surface area contributed by atoms with Crippen LogP contribution in [0, 0.1) is 14.8 Å². The second-order valence-electron chi connectivity index (χ2n) is 4.10. The lowest BCUT2D eigenvalue weighted by molar-refractivity contribution is -1.62. The fourth-order valence-corrected chi connectivity index (χ4v) is 3.17. The van der Waals surface area contributed by atoms with Gasteiger partial charge in [0.15, 0.2) is 5.78 Å². The topological polar surface area (TPSA) is 89.7 Å². The standard InChI is InChI=1S/C11H8Br2N2O4/c12-6-4-5-7-10(11(6)16)15-8(14-7)2-1-3-9(15)19-13(17)18/h1-3,6H,4-5H2. The highest BCUT2D eigenvalue weighted by Gasteiger charge is 2.32. The molecule has 0 fully saturated rings. The van der Waals surface area contributed by atoms with E-state index in [9.17, 15) is 13.2 Å². The maximum Gasteiger partial charge on any atom is 0.503 e. The fourth-order valence-electron chi connectivity index (χ4n) is 2.21. The highest BCUT2D eigenvalue weighted by atomic mass is 80.0. The number of hydrogen-bond acceptors (Lipinski definition) is 5. The summed E-state index contributed by atoms with van der Waals surface area (Å²) in [5.74, 6) is -0.00292. The first-order valence-corrected chi connectivity index (χ1v) is 8.36. The number of rotatable bonds is 2. The summed E-state index contributed by atoms with van der Waals surface area (Å²) in [5.41, 5.74) is 1.60. The van der Waals surface area contributed by atoms with Crippen LogP contribution >= 0.6 is 15.9 Å². The maximum absolute atomic E-state index is 12.2. The molecule has 0 N–H and O–H groups in total. The predicted octanol–water partition coefficient (Wildman–Crippen LogP) is -0.308. The van der Waals surface area contributed by atoms with Crippen LogP contribution in [-0.4, -0.2) is 20.0 Å². The molecule has 0 saturated carbocycles. The van der Waals surface area contributed by atoms with Gasteiger partial charge in [-0.1, -0.05) is 22.0 Å². The van der Waals surface area contributed by atoms with Crippen molar-refractivity contribution in [1.29, 1.82) is 0 Å². The van der Waals surface area contributed by atoms with Gasteiger partial charge in [-0.05, 0) is 18.9 Å². The maximum atomic E-state index is 12.2. The molecule has 0 bridgehead atoms. The third-order valence-electron chi connectivity index (χ3n) is 2.97. The lowest BCUT2D eigenvalue weighted by atomic mass is 10.00. The Morgan fingerprint density at radius 3 is 3.00 bits per heavy atom. The van der Waals surface area contributed by atoms with E-state index in [1.807, 2.05) is 0 Å². The minimum atomic E-state index is -3.40. The zero-order chi connectivity index (χ0) is 13.6. The van der Waals surface area contributed by atoms with Gasteiger partial charge in [0, 0.05) is 6.07 Å². The van der Waals surface area contributed by atoms with Crippen LogP contribution in [0.1, 0.15) is 22.6 Å². The lowest BCUT2D eigenvalue weighted by Gasteiger charge is -2.15. The van der Waals surface area contributed by atoms with Crippen molar-refractivity contribution in [3.05, 3.63) is 29.6 Å². The van der Waals surface area contributed by atoms with E-state index in [1.54, 1.807) is 12.1 Å². The second-order valence-corrected chi connectivity index (χ2v) is 6.32. The van der Waals surface area contributed by atoms with Gasteiger partial charge in [-0.25, -0.2) is 4.98 Å².